The lowest BCUT2D eigenvalue weighted by atomic mass is 9.96. The van der Waals surface area contributed by atoms with Crippen molar-refractivity contribution in [2.24, 2.45) is 0 Å². The quantitative estimate of drug-likeness (QED) is 0.895. The van der Waals surface area contributed by atoms with Crippen molar-refractivity contribution in [2.45, 2.75) is 51.5 Å². The van der Waals surface area contributed by atoms with E-state index in [-0.39, 0.29) is 11.3 Å². The highest BCUT2D eigenvalue weighted by atomic mass is 16.2. The first-order valence-electron chi connectivity index (χ1n) is 7.91. The van der Waals surface area contributed by atoms with Gasteiger partial charge in [-0.1, -0.05) is 20.8 Å². The SMILES string of the molecule is CC(C)(C)c1nc(C(=O)N2CCC(N3CCCC3)C2)n[nH]1. The fourth-order valence-electron chi connectivity index (χ4n) is 3.17. The molecule has 0 spiro atoms. The summed E-state index contributed by atoms with van der Waals surface area (Å²) in [4.78, 5) is 21.3. The molecule has 1 aromatic rings. The number of carbonyl (C=O) groups excluding carboxylic acids is 1. The number of hydrogen-bond acceptors (Lipinski definition) is 4. The number of hydrogen-bond donors (Lipinski definition) is 1. The molecule has 6 nitrogen and oxygen atoms in total. The van der Waals surface area contributed by atoms with Gasteiger partial charge in [-0.15, -0.1) is 5.10 Å². The van der Waals surface area contributed by atoms with E-state index in [1.165, 1.54) is 25.9 Å². The number of nitrogens with zero attached hydrogens (tertiary/aromatic N) is 4. The number of carbonyl (C=O) groups is 1. The van der Waals surface area contributed by atoms with Crippen molar-refractivity contribution < 1.29 is 4.79 Å². The van der Waals surface area contributed by atoms with E-state index in [9.17, 15) is 4.79 Å². The zero-order chi connectivity index (χ0) is 15.0. The molecule has 1 aromatic heterocycles. The smallest absolute Gasteiger partial charge is 0.293 e. The van der Waals surface area contributed by atoms with Gasteiger partial charge in [0.2, 0.25) is 5.82 Å². The van der Waals surface area contributed by atoms with Crippen molar-refractivity contribution in [3.05, 3.63) is 11.6 Å². The van der Waals surface area contributed by atoms with Crippen LogP contribution in [0.2, 0.25) is 0 Å². The molecule has 1 atom stereocenters. The molecule has 3 heterocycles. The second kappa shape index (κ2) is 5.40. The molecular weight excluding hydrogens is 266 g/mol. The first kappa shape index (κ1) is 14.5. The Morgan fingerprint density at radius 3 is 2.57 bits per heavy atom. The van der Waals surface area contributed by atoms with E-state index >= 15 is 0 Å². The first-order chi connectivity index (χ1) is 9.95. The maximum atomic E-state index is 12.5. The van der Waals surface area contributed by atoms with Gasteiger partial charge in [-0.05, 0) is 32.4 Å². The van der Waals surface area contributed by atoms with Crippen molar-refractivity contribution in [1.29, 1.82) is 0 Å². The number of amides is 1. The van der Waals surface area contributed by atoms with Crippen LogP contribution in [-0.4, -0.2) is 63.1 Å². The van der Waals surface area contributed by atoms with E-state index in [0.717, 1.165) is 25.3 Å². The van der Waals surface area contributed by atoms with Gasteiger partial charge < -0.3 is 4.90 Å². The minimum absolute atomic E-state index is 0.0385. The van der Waals surface area contributed by atoms with E-state index < -0.39 is 0 Å². The molecule has 6 heteroatoms. The van der Waals surface area contributed by atoms with E-state index in [1.807, 2.05) is 4.90 Å². The topological polar surface area (TPSA) is 65.1 Å². The Morgan fingerprint density at radius 1 is 1.24 bits per heavy atom. The zero-order valence-electron chi connectivity index (χ0n) is 13.2. The van der Waals surface area contributed by atoms with Gasteiger partial charge in [0.05, 0.1) is 0 Å². The summed E-state index contributed by atoms with van der Waals surface area (Å²) < 4.78 is 0. The second-order valence-corrected chi connectivity index (χ2v) is 7.19. The molecule has 0 aliphatic carbocycles. The molecule has 2 saturated heterocycles. The minimum Gasteiger partial charge on any atom is -0.334 e. The minimum atomic E-state index is -0.116. The predicted octanol–water partition coefficient (Wildman–Crippen LogP) is 1.41. The highest BCUT2D eigenvalue weighted by molar-refractivity contribution is 5.90. The van der Waals surface area contributed by atoms with Crippen molar-refractivity contribution in [1.82, 2.24) is 25.0 Å². The highest BCUT2D eigenvalue weighted by Gasteiger charge is 2.33. The van der Waals surface area contributed by atoms with Gasteiger partial charge in [0, 0.05) is 24.5 Å². The molecule has 1 N–H and O–H groups in total. The molecule has 21 heavy (non-hydrogen) atoms. The standard InChI is InChI=1S/C15H25N5O/c1-15(2,3)14-16-12(17-18-14)13(21)20-9-6-11(10-20)19-7-4-5-8-19/h11H,4-10H2,1-3H3,(H,16,17,18). The van der Waals surface area contributed by atoms with Crippen molar-refractivity contribution in [3.8, 4) is 0 Å². The molecule has 116 valence electrons. The molecule has 1 unspecified atom stereocenters. The predicted molar refractivity (Wildman–Crippen MR) is 80.2 cm³/mol. The van der Waals surface area contributed by atoms with Crippen LogP contribution < -0.4 is 0 Å². The summed E-state index contributed by atoms with van der Waals surface area (Å²) in [6.07, 6.45) is 3.66. The normalized spacial score (nSPS) is 24.0. The van der Waals surface area contributed by atoms with E-state index in [1.54, 1.807) is 0 Å². The van der Waals surface area contributed by atoms with Gasteiger partial charge in [-0.3, -0.25) is 14.8 Å². The van der Waals surface area contributed by atoms with Crippen LogP contribution in [0.25, 0.3) is 0 Å². The lowest BCUT2D eigenvalue weighted by Crippen LogP contribution is -2.37. The third-order valence-corrected chi connectivity index (χ3v) is 4.49. The summed E-state index contributed by atoms with van der Waals surface area (Å²) in [5, 5.41) is 7.01. The average Bonchev–Trinajstić information content (AvgIpc) is 3.17. The molecular formula is C15H25N5O. The molecule has 0 radical (unpaired) electrons. The summed E-state index contributed by atoms with van der Waals surface area (Å²) in [6.45, 7) is 10.2. The Bertz CT molecular complexity index is 512. The molecule has 0 saturated carbocycles. The van der Waals surface area contributed by atoms with Crippen LogP contribution in [0.4, 0.5) is 0 Å². The zero-order valence-corrected chi connectivity index (χ0v) is 13.2. The van der Waals surface area contributed by atoms with Crippen LogP contribution in [0.3, 0.4) is 0 Å². The molecule has 0 aromatic carbocycles. The number of H-pyrrole nitrogens is 1. The number of aromatic amines is 1. The Labute approximate surface area is 125 Å². The van der Waals surface area contributed by atoms with Crippen molar-refractivity contribution in [3.63, 3.8) is 0 Å². The molecule has 3 rings (SSSR count). The molecule has 0 bridgehead atoms. The van der Waals surface area contributed by atoms with Crippen molar-refractivity contribution >= 4 is 5.91 Å². The largest absolute Gasteiger partial charge is 0.334 e. The van der Waals surface area contributed by atoms with Crippen molar-refractivity contribution in [2.75, 3.05) is 26.2 Å². The van der Waals surface area contributed by atoms with Gasteiger partial charge in [0.15, 0.2) is 0 Å². The maximum absolute atomic E-state index is 12.5. The van der Waals surface area contributed by atoms with E-state index in [2.05, 4.69) is 40.9 Å². The molecule has 2 aliphatic heterocycles. The lowest BCUT2D eigenvalue weighted by molar-refractivity contribution is 0.0768. The third-order valence-electron chi connectivity index (χ3n) is 4.49. The van der Waals surface area contributed by atoms with Crippen LogP contribution in [0.5, 0.6) is 0 Å². The van der Waals surface area contributed by atoms with Crippen LogP contribution >= 0.6 is 0 Å². The highest BCUT2D eigenvalue weighted by Crippen LogP contribution is 2.22. The van der Waals surface area contributed by atoms with Crippen LogP contribution in [0.15, 0.2) is 0 Å². The Kier molecular flexibility index (Phi) is 3.73. The fraction of sp³-hybridized carbons (Fsp3) is 0.800. The summed E-state index contributed by atoms with van der Waals surface area (Å²) in [5.41, 5.74) is -0.116. The Morgan fingerprint density at radius 2 is 1.95 bits per heavy atom. The second-order valence-electron chi connectivity index (χ2n) is 7.19. The van der Waals surface area contributed by atoms with E-state index in [4.69, 9.17) is 0 Å². The molecule has 2 fully saturated rings. The van der Waals surface area contributed by atoms with Crippen LogP contribution in [0, 0.1) is 0 Å². The van der Waals surface area contributed by atoms with Gasteiger partial charge in [-0.2, -0.15) is 0 Å². The Balaban J connectivity index is 1.64. The summed E-state index contributed by atoms with van der Waals surface area (Å²) >= 11 is 0. The average molecular weight is 291 g/mol. The Hall–Kier alpha value is -1.43. The number of likely N-dealkylation sites (tertiary alicyclic amines) is 2. The number of nitrogens with one attached hydrogen (secondary N) is 1. The fourth-order valence-corrected chi connectivity index (χ4v) is 3.17. The van der Waals surface area contributed by atoms with E-state index in [0.29, 0.717) is 11.9 Å². The first-order valence-corrected chi connectivity index (χ1v) is 7.91. The van der Waals surface area contributed by atoms with Gasteiger partial charge >= 0.3 is 0 Å². The third kappa shape index (κ3) is 2.95. The number of rotatable bonds is 2. The summed E-state index contributed by atoms with van der Waals surface area (Å²) in [5.74, 6) is 1.03. The molecule has 2 aliphatic rings. The summed E-state index contributed by atoms with van der Waals surface area (Å²) in [6, 6.07) is 0.525. The van der Waals surface area contributed by atoms with Gasteiger partial charge in [-0.25, -0.2) is 4.98 Å². The lowest BCUT2D eigenvalue weighted by Gasteiger charge is -2.23. The monoisotopic (exact) mass is 291 g/mol. The summed E-state index contributed by atoms with van der Waals surface area (Å²) in [7, 11) is 0. The van der Waals surface area contributed by atoms with Crippen LogP contribution in [-0.2, 0) is 5.41 Å². The number of aromatic nitrogens is 3. The van der Waals surface area contributed by atoms with Gasteiger partial charge in [0.1, 0.15) is 5.82 Å². The van der Waals surface area contributed by atoms with Gasteiger partial charge in [0.25, 0.3) is 5.91 Å². The maximum Gasteiger partial charge on any atom is 0.293 e. The van der Waals surface area contributed by atoms with Crippen LogP contribution in [0.1, 0.15) is 56.5 Å². The molecule has 1 amide bonds.